The molecule has 0 radical (unpaired) electrons. The molecule has 1 N–H and O–H groups in total. The first-order chi connectivity index (χ1) is 8.66. The molecule has 1 aliphatic carbocycles. The Hall–Kier alpha value is -0.170. The molecular weight excluding hydrogens is 252 g/mol. The summed E-state index contributed by atoms with van der Waals surface area (Å²) in [5, 5.41) is 9.15. The lowest BCUT2D eigenvalue weighted by molar-refractivity contribution is 0.191. The van der Waals surface area contributed by atoms with Crippen LogP contribution in [-0.4, -0.2) is 54.4 Å². The Kier molecular flexibility index (Phi) is 5.00. The summed E-state index contributed by atoms with van der Waals surface area (Å²) in [4.78, 5) is 0. The highest BCUT2D eigenvalue weighted by Crippen LogP contribution is 2.27. The first-order valence-electron chi connectivity index (χ1n) is 7.04. The molecule has 0 spiro atoms. The van der Waals surface area contributed by atoms with Gasteiger partial charge < -0.3 is 5.11 Å². The maximum absolute atomic E-state index is 12.6. The number of rotatable bonds is 5. The van der Waals surface area contributed by atoms with Gasteiger partial charge in [0.15, 0.2) is 0 Å². The minimum Gasteiger partial charge on any atom is -0.395 e. The van der Waals surface area contributed by atoms with Crippen LogP contribution in [0.1, 0.15) is 44.9 Å². The Labute approximate surface area is 110 Å². The van der Waals surface area contributed by atoms with Crippen LogP contribution < -0.4 is 0 Å². The molecule has 0 unspecified atom stereocenters. The standard InChI is InChI=1S/C12H24N2O3S/c15-11-10-14(12-6-2-1-3-7-12)18(16,17)13-8-4-5-9-13/h12,15H,1-11H2. The Morgan fingerprint density at radius 1 is 1.06 bits per heavy atom. The lowest BCUT2D eigenvalue weighted by atomic mass is 9.95. The average molecular weight is 276 g/mol. The Bertz CT molecular complexity index is 346. The molecule has 2 rings (SSSR count). The Balaban J connectivity index is 2.11. The van der Waals surface area contributed by atoms with E-state index in [-0.39, 0.29) is 19.2 Å². The fourth-order valence-corrected chi connectivity index (χ4v) is 4.94. The maximum Gasteiger partial charge on any atom is 0.282 e. The van der Waals surface area contributed by atoms with Crippen molar-refractivity contribution < 1.29 is 13.5 Å². The van der Waals surface area contributed by atoms with Crippen LogP contribution in [0.4, 0.5) is 0 Å². The van der Waals surface area contributed by atoms with Gasteiger partial charge in [-0.15, -0.1) is 0 Å². The third-order valence-electron chi connectivity index (χ3n) is 3.99. The summed E-state index contributed by atoms with van der Waals surface area (Å²) in [6.45, 7) is 1.42. The molecule has 0 aromatic rings. The van der Waals surface area contributed by atoms with Crippen molar-refractivity contribution in [3.63, 3.8) is 0 Å². The van der Waals surface area contributed by atoms with Crippen molar-refractivity contribution in [3.8, 4) is 0 Å². The largest absolute Gasteiger partial charge is 0.395 e. The quantitative estimate of drug-likeness (QED) is 0.813. The van der Waals surface area contributed by atoms with Crippen LogP contribution in [0.2, 0.25) is 0 Å². The first-order valence-corrected chi connectivity index (χ1v) is 8.44. The molecule has 1 saturated heterocycles. The van der Waals surface area contributed by atoms with E-state index < -0.39 is 10.2 Å². The highest BCUT2D eigenvalue weighted by Gasteiger charge is 2.36. The normalized spacial score (nSPS) is 23.9. The first kappa shape index (κ1) is 14.2. The molecule has 0 aromatic carbocycles. The second-order valence-electron chi connectivity index (χ2n) is 5.24. The van der Waals surface area contributed by atoms with E-state index in [0.29, 0.717) is 13.1 Å². The van der Waals surface area contributed by atoms with Gasteiger partial charge in [0.2, 0.25) is 0 Å². The zero-order valence-corrected chi connectivity index (χ0v) is 11.7. The second kappa shape index (κ2) is 6.32. The summed E-state index contributed by atoms with van der Waals surface area (Å²) in [5.41, 5.74) is 0. The zero-order valence-electron chi connectivity index (χ0n) is 10.9. The van der Waals surface area contributed by atoms with Crippen LogP contribution in [0.15, 0.2) is 0 Å². The molecule has 18 heavy (non-hydrogen) atoms. The molecule has 106 valence electrons. The van der Waals surface area contributed by atoms with Crippen LogP contribution in [0.25, 0.3) is 0 Å². The zero-order chi connectivity index (χ0) is 13.0. The van der Waals surface area contributed by atoms with E-state index in [1.54, 1.807) is 8.61 Å². The van der Waals surface area contributed by atoms with Gasteiger partial charge in [0.05, 0.1) is 6.61 Å². The fourth-order valence-electron chi connectivity index (χ4n) is 3.02. The average Bonchev–Trinajstić information content (AvgIpc) is 2.91. The third-order valence-corrected chi connectivity index (χ3v) is 6.08. The molecule has 2 fully saturated rings. The maximum atomic E-state index is 12.6. The minimum atomic E-state index is -3.36. The van der Waals surface area contributed by atoms with Crippen molar-refractivity contribution in [2.45, 2.75) is 51.0 Å². The highest BCUT2D eigenvalue weighted by molar-refractivity contribution is 7.86. The minimum absolute atomic E-state index is 0.0937. The van der Waals surface area contributed by atoms with Crippen LogP contribution in [0, 0.1) is 0 Å². The summed E-state index contributed by atoms with van der Waals surface area (Å²) < 4.78 is 28.3. The van der Waals surface area contributed by atoms with Gasteiger partial charge in [0.25, 0.3) is 10.2 Å². The topological polar surface area (TPSA) is 60.9 Å². The van der Waals surface area contributed by atoms with Crippen molar-refractivity contribution in [3.05, 3.63) is 0 Å². The molecule has 1 heterocycles. The summed E-state index contributed by atoms with van der Waals surface area (Å²) in [6.07, 6.45) is 7.19. The van der Waals surface area contributed by atoms with Crippen LogP contribution >= 0.6 is 0 Å². The second-order valence-corrected chi connectivity index (χ2v) is 7.12. The lowest BCUT2D eigenvalue weighted by Gasteiger charge is -2.35. The lowest BCUT2D eigenvalue weighted by Crippen LogP contribution is -2.49. The van der Waals surface area contributed by atoms with E-state index in [2.05, 4.69) is 0 Å². The van der Waals surface area contributed by atoms with Gasteiger partial charge in [-0.1, -0.05) is 19.3 Å². The van der Waals surface area contributed by atoms with Crippen molar-refractivity contribution in [2.75, 3.05) is 26.2 Å². The van der Waals surface area contributed by atoms with E-state index in [1.807, 2.05) is 0 Å². The SMILES string of the molecule is O=S(=O)(N1CCCC1)N(CCO)C1CCCCC1. The molecule has 0 amide bonds. The van der Waals surface area contributed by atoms with Gasteiger partial charge >= 0.3 is 0 Å². The predicted molar refractivity (Wildman–Crippen MR) is 70.4 cm³/mol. The van der Waals surface area contributed by atoms with E-state index in [9.17, 15) is 8.42 Å². The number of aliphatic hydroxyl groups excluding tert-OH is 1. The number of aliphatic hydroxyl groups is 1. The molecule has 2 aliphatic rings. The molecule has 1 saturated carbocycles. The van der Waals surface area contributed by atoms with Crippen LogP contribution in [0.5, 0.6) is 0 Å². The molecule has 0 atom stereocenters. The molecule has 1 aliphatic heterocycles. The molecule has 5 nitrogen and oxygen atoms in total. The van der Waals surface area contributed by atoms with Gasteiger partial charge in [-0.05, 0) is 25.7 Å². The fraction of sp³-hybridized carbons (Fsp3) is 1.00. The van der Waals surface area contributed by atoms with Gasteiger partial charge in [-0.2, -0.15) is 17.0 Å². The molecule has 0 bridgehead atoms. The van der Waals surface area contributed by atoms with Gasteiger partial charge in [-0.3, -0.25) is 0 Å². The van der Waals surface area contributed by atoms with Gasteiger partial charge in [-0.25, -0.2) is 0 Å². The van der Waals surface area contributed by atoms with Gasteiger partial charge in [0.1, 0.15) is 0 Å². The van der Waals surface area contributed by atoms with Crippen molar-refractivity contribution in [1.29, 1.82) is 0 Å². The molecular formula is C12H24N2O3S. The van der Waals surface area contributed by atoms with Crippen molar-refractivity contribution in [1.82, 2.24) is 8.61 Å². The Morgan fingerprint density at radius 2 is 1.67 bits per heavy atom. The molecule has 0 aromatic heterocycles. The van der Waals surface area contributed by atoms with E-state index in [1.165, 1.54) is 6.42 Å². The number of hydrogen-bond donors (Lipinski definition) is 1. The summed E-state index contributed by atoms with van der Waals surface area (Å²) in [5.74, 6) is 0. The van der Waals surface area contributed by atoms with Crippen molar-refractivity contribution in [2.24, 2.45) is 0 Å². The smallest absolute Gasteiger partial charge is 0.282 e. The molecule has 6 heteroatoms. The number of nitrogens with zero attached hydrogens (tertiary/aromatic N) is 2. The summed E-state index contributed by atoms with van der Waals surface area (Å²) >= 11 is 0. The van der Waals surface area contributed by atoms with Crippen molar-refractivity contribution >= 4 is 10.2 Å². The number of hydrogen-bond acceptors (Lipinski definition) is 3. The monoisotopic (exact) mass is 276 g/mol. The highest BCUT2D eigenvalue weighted by atomic mass is 32.2. The summed E-state index contributed by atoms with van der Waals surface area (Å²) in [6, 6.07) is 0.0940. The van der Waals surface area contributed by atoms with Crippen LogP contribution in [-0.2, 0) is 10.2 Å². The Morgan fingerprint density at radius 3 is 2.22 bits per heavy atom. The van der Waals surface area contributed by atoms with E-state index in [4.69, 9.17) is 5.11 Å². The van der Waals surface area contributed by atoms with E-state index in [0.717, 1.165) is 38.5 Å². The summed E-state index contributed by atoms with van der Waals surface area (Å²) in [7, 11) is -3.36. The predicted octanol–water partition coefficient (Wildman–Crippen LogP) is 0.954. The van der Waals surface area contributed by atoms with Gasteiger partial charge in [0, 0.05) is 25.7 Å². The van der Waals surface area contributed by atoms with E-state index >= 15 is 0 Å². The van der Waals surface area contributed by atoms with Crippen LogP contribution in [0.3, 0.4) is 0 Å². The third kappa shape index (κ3) is 3.04.